The molecule has 2 aromatic carbocycles. The Labute approximate surface area is 171 Å². The fourth-order valence-corrected chi connectivity index (χ4v) is 3.87. The second kappa shape index (κ2) is 8.82. The van der Waals surface area contributed by atoms with Crippen molar-refractivity contribution in [3.8, 4) is 0 Å². The molecule has 1 heterocycles. The molecule has 3 rings (SSSR count). The molecule has 0 aliphatic carbocycles. The van der Waals surface area contributed by atoms with E-state index in [-0.39, 0.29) is 11.8 Å². The minimum absolute atomic E-state index is 0.0444. The van der Waals surface area contributed by atoms with E-state index in [4.69, 9.17) is 0 Å². The van der Waals surface area contributed by atoms with E-state index in [2.05, 4.69) is 13.8 Å². The van der Waals surface area contributed by atoms with Gasteiger partial charge in [-0.3, -0.25) is 9.59 Å². The molecule has 0 bridgehead atoms. The van der Waals surface area contributed by atoms with Crippen molar-refractivity contribution in [2.24, 2.45) is 0 Å². The molecule has 0 unspecified atom stereocenters. The van der Waals surface area contributed by atoms with E-state index in [9.17, 15) is 9.59 Å². The highest BCUT2D eigenvalue weighted by Crippen LogP contribution is 2.21. The van der Waals surface area contributed by atoms with Gasteiger partial charge in [0.25, 0.3) is 11.8 Å². The Hall–Kier alpha value is -2.27. The van der Waals surface area contributed by atoms with E-state index in [1.54, 1.807) is 11.8 Å². The largest absolute Gasteiger partial charge is 0.335 e. The first kappa shape index (κ1) is 20.5. The van der Waals surface area contributed by atoms with Gasteiger partial charge in [-0.1, -0.05) is 32.0 Å². The van der Waals surface area contributed by atoms with Crippen molar-refractivity contribution >= 4 is 23.6 Å². The second-order valence-electron chi connectivity index (χ2n) is 7.54. The molecule has 0 spiro atoms. The Balaban J connectivity index is 1.64. The number of carbonyl (C=O) groups is 2. The lowest BCUT2D eigenvalue weighted by molar-refractivity contribution is 0.0535. The van der Waals surface area contributed by atoms with Crippen molar-refractivity contribution < 1.29 is 9.59 Å². The standard InChI is InChI=1S/C23H28N2O2S/c1-16(2)18-6-8-19(9-7-18)22(26)24-11-13-25(14-12-24)23(27)21-15-20(28-4)10-5-17(21)3/h5-10,15-16H,11-14H2,1-4H3. The molecule has 148 valence electrons. The highest BCUT2D eigenvalue weighted by molar-refractivity contribution is 7.98. The van der Waals surface area contributed by atoms with E-state index in [0.29, 0.717) is 37.7 Å². The van der Waals surface area contributed by atoms with Crippen molar-refractivity contribution in [1.29, 1.82) is 0 Å². The highest BCUT2D eigenvalue weighted by atomic mass is 32.2. The van der Waals surface area contributed by atoms with Gasteiger partial charge in [0.05, 0.1) is 0 Å². The number of piperazine rings is 1. The molecule has 5 heteroatoms. The zero-order chi connectivity index (χ0) is 20.3. The monoisotopic (exact) mass is 396 g/mol. The molecule has 1 fully saturated rings. The number of nitrogens with zero attached hydrogens (tertiary/aromatic N) is 2. The zero-order valence-corrected chi connectivity index (χ0v) is 17.9. The minimum atomic E-state index is 0.0444. The van der Waals surface area contributed by atoms with E-state index >= 15 is 0 Å². The third kappa shape index (κ3) is 4.41. The second-order valence-corrected chi connectivity index (χ2v) is 8.42. The van der Waals surface area contributed by atoms with Crippen LogP contribution in [0.3, 0.4) is 0 Å². The lowest BCUT2D eigenvalue weighted by Crippen LogP contribution is -2.50. The maximum Gasteiger partial charge on any atom is 0.254 e. The van der Waals surface area contributed by atoms with Crippen LogP contribution in [0.1, 0.15) is 51.6 Å². The van der Waals surface area contributed by atoms with Crippen LogP contribution in [0.4, 0.5) is 0 Å². The Morgan fingerprint density at radius 3 is 2.00 bits per heavy atom. The van der Waals surface area contributed by atoms with Gasteiger partial charge in [0.1, 0.15) is 0 Å². The topological polar surface area (TPSA) is 40.6 Å². The molecule has 0 atom stereocenters. The number of carbonyl (C=O) groups excluding carboxylic acids is 2. The van der Waals surface area contributed by atoms with Crippen molar-refractivity contribution in [2.45, 2.75) is 31.6 Å². The van der Waals surface area contributed by atoms with E-state index in [0.717, 1.165) is 16.0 Å². The molecule has 1 saturated heterocycles. The SMILES string of the molecule is CSc1ccc(C)c(C(=O)N2CCN(C(=O)c3ccc(C(C)C)cc3)CC2)c1. The number of aryl methyl sites for hydroxylation is 1. The van der Waals surface area contributed by atoms with Crippen LogP contribution in [0.15, 0.2) is 47.4 Å². The van der Waals surface area contributed by atoms with Gasteiger partial charge in [-0.2, -0.15) is 0 Å². The van der Waals surface area contributed by atoms with Crippen LogP contribution in [0.25, 0.3) is 0 Å². The number of rotatable bonds is 4. The summed E-state index contributed by atoms with van der Waals surface area (Å²) in [7, 11) is 0. The minimum Gasteiger partial charge on any atom is -0.335 e. The molecular weight excluding hydrogens is 368 g/mol. The van der Waals surface area contributed by atoms with Gasteiger partial charge >= 0.3 is 0 Å². The molecule has 28 heavy (non-hydrogen) atoms. The van der Waals surface area contributed by atoms with E-state index < -0.39 is 0 Å². The van der Waals surface area contributed by atoms with Crippen LogP contribution in [-0.2, 0) is 0 Å². The fourth-order valence-electron chi connectivity index (χ4n) is 3.43. The lowest BCUT2D eigenvalue weighted by atomic mass is 10.0. The summed E-state index contributed by atoms with van der Waals surface area (Å²) in [5, 5.41) is 0. The van der Waals surface area contributed by atoms with Gasteiger partial charge in [-0.15, -0.1) is 11.8 Å². The maximum atomic E-state index is 12.9. The molecule has 2 aromatic rings. The average Bonchev–Trinajstić information content (AvgIpc) is 2.73. The Bertz CT molecular complexity index is 853. The Kier molecular flexibility index (Phi) is 6.45. The zero-order valence-electron chi connectivity index (χ0n) is 17.1. The smallest absolute Gasteiger partial charge is 0.254 e. The van der Waals surface area contributed by atoms with Gasteiger partial charge in [0, 0.05) is 42.2 Å². The van der Waals surface area contributed by atoms with E-state index in [1.165, 1.54) is 5.56 Å². The predicted octanol–water partition coefficient (Wildman–Crippen LogP) is 4.44. The van der Waals surface area contributed by atoms with Crippen molar-refractivity contribution in [3.63, 3.8) is 0 Å². The lowest BCUT2D eigenvalue weighted by Gasteiger charge is -2.35. The predicted molar refractivity (Wildman–Crippen MR) is 115 cm³/mol. The summed E-state index contributed by atoms with van der Waals surface area (Å²) in [5.74, 6) is 0.552. The molecule has 1 aliphatic rings. The van der Waals surface area contributed by atoms with Crippen LogP contribution in [0.5, 0.6) is 0 Å². The number of thioether (sulfide) groups is 1. The maximum absolute atomic E-state index is 12.9. The highest BCUT2D eigenvalue weighted by Gasteiger charge is 2.26. The molecule has 2 amide bonds. The molecule has 0 saturated carbocycles. The van der Waals surface area contributed by atoms with Crippen molar-refractivity contribution in [3.05, 3.63) is 64.7 Å². The summed E-state index contributed by atoms with van der Waals surface area (Å²) in [4.78, 5) is 30.5. The summed E-state index contributed by atoms with van der Waals surface area (Å²) >= 11 is 1.64. The average molecular weight is 397 g/mol. The first-order valence-corrected chi connectivity index (χ1v) is 11.0. The molecule has 0 N–H and O–H groups in total. The van der Waals surface area contributed by atoms with Gasteiger partial charge in [-0.25, -0.2) is 0 Å². The van der Waals surface area contributed by atoms with Crippen LogP contribution in [0.2, 0.25) is 0 Å². The van der Waals surface area contributed by atoms with Crippen LogP contribution in [-0.4, -0.2) is 54.0 Å². The van der Waals surface area contributed by atoms with Crippen LogP contribution in [0, 0.1) is 6.92 Å². The summed E-state index contributed by atoms with van der Waals surface area (Å²) in [6, 6.07) is 13.9. The number of amides is 2. The quantitative estimate of drug-likeness (QED) is 0.718. The summed E-state index contributed by atoms with van der Waals surface area (Å²) in [6.07, 6.45) is 2.01. The van der Waals surface area contributed by atoms with Gasteiger partial charge in [-0.05, 0) is 54.5 Å². The summed E-state index contributed by atoms with van der Waals surface area (Å²) < 4.78 is 0. The van der Waals surface area contributed by atoms with E-state index in [1.807, 2.05) is 65.4 Å². The van der Waals surface area contributed by atoms with Crippen LogP contribution < -0.4 is 0 Å². The molecule has 0 aromatic heterocycles. The molecule has 0 radical (unpaired) electrons. The number of hydrogen-bond donors (Lipinski definition) is 0. The molecule has 1 aliphatic heterocycles. The third-order valence-corrected chi connectivity index (χ3v) is 6.08. The summed E-state index contributed by atoms with van der Waals surface area (Å²) in [6.45, 7) is 8.52. The fraction of sp³-hybridized carbons (Fsp3) is 0.391. The molecular formula is C23H28N2O2S. The molecule has 4 nitrogen and oxygen atoms in total. The first-order valence-electron chi connectivity index (χ1n) is 9.74. The van der Waals surface area contributed by atoms with Crippen molar-refractivity contribution in [1.82, 2.24) is 9.80 Å². The Morgan fingerprint density at radius 2 is 1.46 bits per heavy atom. The number of hydrogen-bond acceptors (Lipinski definition) is 3. The summed E-state index contributed by atoms with van der Waals surface area (Å²) in [5.41, 5.74) is 3.70. The normalized spacial score (nSPS) is 14.5. The third-order valence-electron chi connectivity index (χ3n) is 5.35. The number of benzene rings is 2. The Morgan fingerprint density at radius 1 is 0.893 bits per heavy atom. The van der Waals surface area contributed by atoms with Crippen molar-refractivity contribution in [2.75, 3.05) is 32.4 Å². The van der Waals surface area contributed by atoms with Gasteiger partial charge in [0.15, 0.2) is 0 Å². The van der Waals surface area contributed by atoms with Crippen LogP contribution >= 0.6 is 11.8 Å². The van der Waals surface area contributed by atoms with Gasteiger partial charge in [0.2, 0.25) is 0 Å². The van der Waals surface area contributed by atoms with Gasteiger partial charge < -0.3 is 9.80 Å². The first-order chi connectivity index (χ1) is 13.4.